The second-order valence-corrected chi connectivity index (χ2v) is 13.1. The number of benzene rings is 1. The molecule has 1 aliphatic heterocycles. The topological polar surface area (TPSA) is 61.8 Å². The van der Waals surface area contributed by atoms with E-state index >= 15 is 0 Å². The number of hydrogen-bond acceptors (Lipinski definition) is 5. The van der Waals surface area contributed by atoms with Gasteiger partial charge in [-0.3, -0.25) is 0 Å². The highest BCUT2D eigenvalue weighted by atomic mass is 16.7. The summed E-state index contributed by atoms with van der Waals surface area (Å²) in [5, 5.41) is 0. The van der Waals surface area contributed by atoms with Crippen LogP contribution in [0.25, 0.3) is 0 Å². The monoisotopic (exact) mass is 494 g/mol. The number of hydrogen-bond donors (Lipinski definition) is 0. The minimum atomic E-state index is -0.438. The summed E-state index contributed by atoms with van der Waals surface area (Å²) in [6.45, 7) is 8.41. The lowest BCUT2D eigenvalue weighted by Gasteiger charge is -2.63. The van der Waals surface area contributed by atoms with Crippen LogP contribution in [0.15, 0.2) is 30.3 Å². The van der Waals surface area contributed by atoms with Crippen molar-refractivity contribution in [2.75, 3.05) is 13.2 Å². The van der Waals surface area contributed by atoms with Crippen molar-refractivity contribution in [3.8, 4) is 0 Å². The van der Waals surface area contributed by atoms with E-state index in [-0.39, 0.29) is 28.8 Å². The van der Waals surface area contributed by atoms with Gasteiger partial charge in [0, 0.05) is 24.7 Å². The summed E-state index contributed by atoms with van der Waals surface area (Å²) in [5.41, 5.74) is 0.967. The first-order chi connectivity index (χ1) is 17.3. The Balaban J connectivity index is 1.34. The molecule has 5 heteroatoms. The second kappa shape index (κ2) is 8.94. The predicted octanol–water partition coefficient (Wildman–Crippen LogP) is 6.06. The van der Waals surface area contributed by atoms with Crippen molar-refractivity contribution in [1.29, 1.82) is 0 Å². The normalized spacial score (nSPS) is 43.8. The lowest BCUT2D eigenvalue weighted by Crippen LogP contribution is -2.60. The molecule has 1 aromatic carbocycles. The van der Waals surface area contributed by atoms with Gasteiger partial charge in [-0.05, 0) is 85.2 Å². The lowest BCUT2D eigenvalue weighted by atomic mass is 9.43. The van der Waals surface area contributed by atoms with E-state index in [0.717, 1.165) is 51.2 Å². The minimum absolute atomic E-state index is 0.0833. The zero-order chi connectivity index (χ0) is 25.1. The van der Waals surface area contributed by atoms with Gasteiger partial charge in [-0.1, -0.05) is 39.0 Å². The molecule has 1 spiro atoms. The van der Waals surface area contributed by atoms with E-state index in [4.69, 9.17) is 14.2 Å². The van der Waals surface area contributed by atoms with Crippen molar-refractivity contribution >= 4 is 12.3 Å². The molecule has 196 valence electrons. The largest absolute Gasteiger partial charge is 0.458 e. The summed E-state index contributed by atoms with van der Waals surface area (Å²) in [7, 11) is 0. The fourth-order valence-corrected chi connectivity index (χ4v) is 9.80. The molecule has 1 saturated heterocycles. The zero-order valence-corrected chi connectivity index (χ0v) is 22.1. The smallest absolute Gasteiger partial charge is 0.338 e. The van der Waals surface area contributed by atoms with E-state index in [1.54, 1.807) is 0 Å². The number of aldehydes is 1. The van der Waals surface area contributed by atoms with Crippen LogP contribution in [0, 0.1) is 46.3 Å². The van der Waals surface area contributed by atoms with E-state index in [1.807, 2.05) is 30.3 Å². The molecule has 4 saturated carbocycles. The molecule has 5 unspecified atom stereocenters. The highest BCUT2D eigenvalue weighted by Gasteiger charge is 2.65. The summed E-state index contributed by atoms with van der Waals surface area (Å²) < 4.78 is 18.8. The van der Waals surface area contributed by atoms with Crippen LogP contribution in [0.3, 0.4) is 0 Å². The average molecular weight is 495 g/mol. The number of carbonyl (C=O) groups is 2. The molecule has 4 aliphatic carbocycles. The van der Waals surface area contributed by atoms with Crippen LogP contribution in [-0.4, -0.2) is 37.4 Å². The first kappa shape index (κ1) is 24.6. The van der Waals surface area contributed by atoms with Crippen LogP contribution in [0.4, 0.5) is 0 Å². The maximum Gasteiger partial charge on any atom is 0.338 e. The van der Waals surface area contributed by atoms with E-state index in [2.05, 4.69) is 20.8 Å². The minimum Gasteiger partial charge on any atom is -0.458 e. The number of rotatable bonds is 4. The van der Waals surface area contributed by atoms with Crippen molar-refractivity contribution in [3.05, 3.63) is 35.9 Å². The van der Waals surface area contributed by atoms with Crippen LogP contribution in [-0.2, 0) is 19.0 Å². The van der Waals surface area contributed by atoms with E-state index in [9.17, 15) is 9.59 Å². The molecule has 0 radical (unpaired) electrons. The van der Waals surface area contributed by atoms with Crippen molar-refractivity contribution < 1.29 is 23.8 Å². The van der Waals surface area contributed by atoms with Gasteiger partial charge in [-0.15, -0.1) is 0 Å². The Morgan fingerprint density at radius 3 is 2.44 bits per heavy atom. The molecule has 0 amide bonds. The van der Waals surface area contributed by atoms with Crippen molar-refractivity contribution in [1.82, 2.24) is 0 Å². The molecule has 0 bridgehead atoms. The third kappa shape index (κ3) is 3.71. The average Bonchev–Trinajstić information content (AvgIpc) is 3.49. The van der Waals surface area contributed by atoms with Gasteiger partial charge >= 0.3 is 5.97 Å². The number of carbonyl (C=O) groups excluding carboxylic acids is 2. The molecule has 6 rings (SSSR count). The second-order valence-electron chi connectivity index (χ2n) is 13.1. The molecule has 5 nitrogen and oxygen atoms in total. The van der Waals surface area contributed by atoms with Gasteiger partial charge in [-0.2, -0.15) is 0 Å². The van der Waals surface area contributed by atoms with Crippen molar-refractivity contribution in [3.63, 3.8) is 0 Å². The van der Waals surface area contributed by atoms with Crippen LogP contribution >= 0.6 is 0 Å². The highest BCUT2D eigenvalue weighted by molar-refractivity contribution is 5.89. The Hall–Kier alpha value is -1.72. The van der Waals surface area contributed by atoms with Gasteiger partial charge < -0.3 is 19.0 Å². The Bertz CT molecular complexity index is 986. The van der Waals surface area contributed by atoms with Crippen LogP contribution in [0.2, 0.25) is 0 Å². The highest BCUT2D eigenvalue weighted by Crippen LogP contribution is 2.69. The third-order valence-corrected chi connectivity index (χ3v) is 11.7. The molecule has 1 heterocycles. The molecule has 5 fully saturated rings. The van der Waals surface area contributed by atoms with Crippen LogP contribution in [0.5, 0.6) is 0 Å². The predicted molar refractivity (Wildman–Crippen MR) is 136 cm³/mol. The van der Waals surface area contributed by atoms with Gasteiger partial charge in [0.05, 0.1) is 18.8 Å². The first-order valence-corrected chi connectivity index (χ1v) is 14.3. The Labute approximate surface area is 215 Å². The standard InChI is InChI=1S/C31H42O5/c1-20(19-32)23-9-10-24-27-25(11-12-30(23,24)3)29(2)13-14-31(34-15-16-35-31)18-22(29)17-26(27)36-28(33)21-7-5-4-6-8-21/h4-8,19-20,22-27H,9-18H2,1-3H3/t20-,22+,23?,24?,25?,26?,27?,29+,30-/m1/s1. The van der Waals surface area contributed by atoms with Gasteiger partial charge in [-0.25, -0.2) is 4.79 Å². The number of ether oxygens (including phenoxy) is 3. The summed E-state index contributed by atoms with van der Waals surface area (Å²) in [4.78, 5) is 25.2. The van der Waals surface area contributed by atoms with Crippen molar-refractivity contribution in [2.45, 2.75) is 84.0 Å². The van der Waals surface area contributed by atoms with Gasteiger partial charge in [0.25, 0.3) is 0 Å². The molecule has 36 heavy (non-hydrogen) atoms. The SMILES string of the molecule is C[C@H](C=O)C1CCC2C3C(OC(=O)c4ccccc4)C[C@H]4CC5(CC[C@]4(C)C3CC[C@@]21C)OCCO5. The molecule has 5 aliphatic rings. The Kier molecular flexibility index (Phi) is 6.11. The Morgan fingerprint density at radius 2 is 1.72 bits per heavy atom. The fourth-order valence-electron chi connectivity index (χ4n) is 9.80. The number of esters is 1. The summed E-state index contributed by atoms with van der Waals surface area (Å²) in [6, 6.07) is 9.44. The Morgan fingerprint density at radius 1 is 1.00 bits per heavy atom. The summed E-state index contributed by atoms with van der Waals surface area (Å²) >= 11 is 0. The van der Waals surface area contributed by atoms with E-state index in [1.165, 1.54) is 6.42 Å². The molecule has 1 aromatic rings. The van der Waals surface area contributed by atoms with Crippen molar-refractivity contribution in [2.24, 2.45) is 46.3 Å². The number of fused-ring (bicyclic) bond motifs is 5. The molecule has 0 N–H and O–H groups in total. The summed E-state index contributed by atoms with van der Waals surface area (Å²) in [5.74, 6) is 1.63. The first-order valence-electron chi connectivity index (χ1n) is 14.3. The van der Waals surface area contributed by atoms with E-state index in [0.29, 0.717) is 48.4 Å². The molecule has 9 atom stereocenters. The molecule has 0 aromatic heterocycles. The van der Waals surface area contributed by atoms with Crippen LogP contribution < -0.4 is 0 Å². The van der Waals surface area contributed by atoms with Gasteiger partial charge in [0.15, 0.2) is 5.79 Å². The quantitative estimate of drug-likeness (QED) is 0.376. The van der Waals surface area contributed by atoms with Crippen LogP contribution in [0.1, 0.15) is 82.5 Å². The molecular weight excluding hydrogens is 452 g/mol. The molecular formula is C31H42O5. The zero-order valence-electron chi connectivity index (χ0n) is 22.1. The third-order valence-electron chi connectivity index (χ3n) is 11.7. The summed E-state index contributed by atoms with van der Waals surface area (Å²) in [6.07, 6.45) is 9.47. The maximum absolute atomic E-state index is 13.3. The van der Waals surface area contributed by atoms with Gasteiger partial charge in [0.1, 0.15) is 12.4 Å². The van der Waals surface area contributed by atoms with Gasteiger partial charge in [0.2, 0.25) is 0 Å². The maximum atomic E-state index is 13.3. The fraction of sp³-hybridized carbons (Fsp3) is 0.742. The lowest BCUT2D eigenvalue weighted by molar-refractivity contribution is -0.242. The van der Waals surface area contributed by atoms with E-state index < -0.39 is 5.79 Å².